The molecule has 0 fully saturated rings. The van der Waals surface area contributed by atoms with Gasteiger partial charge in [0.2, 0.25) is 0 Å². The number of fused-ring (bicyclic) bond motifs is 1. The van der Waals surface area contributed by atoms with Gasteiger partial charge in [0.05, 0.1) is 27.9 Å². The van der Waals surface area contributed by atoms with Gasteiger partial charge >= 0.3 is 0 Å². The third-order valence-corrected chi connectivity index (χ3v) is 5.24. The minimum Gasteiger partial charge on any atom is -0.389 e. The molecule has 3 aromatic rings. The molecule has 2 heterocycles. The van der Waals surface area contributed by atoms with E-state index in [-0.39, 0.29) is 22.5 Å². The predicted octanol–water partition coefficient (Wildman–Crippen LogP) is 3.11. The lowest BCUT2D eigenvalue weighted by Gasteiger charge is -2.20. The van der Waals surface area contributed by atoms with Crippen molar-refractivity contribution in [3.05, 3.63) is 67.3 Å². The van der Waals surface area contributed by atoms with Crippen LogP contribution in [0, 0.1) is 11.3 Å². The number of pyridine rings is 2. The summed E-state index contributed by atoms with van der Waals surface area (Å²) in [5, 5.41) is 26.3. The maximum Gasteiger partial charge on any atom is 0.274 e. The van der Waals surface area contributed by atoms with Gasteiger partial charge in [-0.3, -0.25) is 9.59 Å². The molecule has 1 atom stereocenters. The van der Waals surface area contributed by atoms with E-state index in [0.717, 1.165) is 5.39 Å². The number of nitrogens with one attached hydrogen (secondary N) is 3. The Hall–Kier alpha value is -3.28. The smallest absolute Gasteiger partial charge is 0.274 e. The van der Waals surface area contributed by atoms with Crippen LogP contribution in [0.4, 0.5) is 11.4 Å². The first-order valence-electron chi connectivity index (χ1n) is 9.69. The molecule has 0 radical (unpaired) electrons. The first-order chi connectivity index (χ1) is 14.5. The van der Waals surface area contributed by atoms with Gasteiger partial charge in [0, 0.05) is 24.5 Å². The molecule has 9 heteroatoms. The van der Waals surface area contributed by atoms with E-state index in [0.29, 0.717) is 28.3 Å². The summed E-state index contributed by atoms with van der Waals surface area (Å²) in [6, 6.07) is 9.74. The first kappa shape index (κ1) is 22.4. The van der Waals surface area contributed by atoms with Gasteiger partial charge in [-0.15, -0.1) is 0 Å². The molecule has 0 aliphatic carbocycles. The number of hydrogen-bond acceptors (Lipinski definition) is 6. The van der Waals surface area contributed by atoms with Gasteiger partial charge in [0.15, 0.2) is 0 Å². The third-order valence-electron chi connectivity index (χ3n) is 4.93. The molecule has 0 amide bonds. The maximum atomic E-state index is 12.7. The molecular formula is C22H24ClN5O3. The molecule has 3 rings (SSSR count). The fourth-order valence-electron chi connectivity index (χ4n) is 3.18. The monoisotopic (exact) mass is 441 g/mol. The first-order valence-corrected chi connectivity index (χ1v) is 10.1. The highest BCUT2D eigenvalue weighted by Gasteiger charge is 2.16. The highest BCUT2D eigenvalue weighted by atomic mass is 35.5. The van der Waals surface area contributed by atoms with E-state index in [1.807, 2.05) is 6.07 Å². The SMILES string of the molecule is CC(Nc1ccc(C#N)n(C)c1=O)c1cc2cc(Cl)c(NCC(C)(C)O)cc2[nH]c1=O. The van der Waals surface area contributed by atoms with Crippen molar-refractivity contribution in [2.45, 2.75) is 32.4 Å². The Morgan fingerprint density at radius 2 is 1.97 bits per heavy atom. The van der Waals surface area contributed by atoms with Crippen LogP contribution in [0.3, 0.4) is 0 Å². The second kappa shape index (κ2) is 8.46. The Morgan fingerprint density at radius 1 is 1.26 bits per heavy atom. The van der Waals surface area contributed by atoms with E-state index in [1.165, 1.54) is 17.7 Å². The van der Waals surface area contributed by atoms with Crippen molar-refractivity contribution in [3.63, 3.8) is 0 Å². The van der Waals surface area contributed by atoms with Crippen LogP contribution in [0.5, 0.6) is 0 Å². The van der Waals surface area contributed by atoms with Crippen LogP contribution in [0.15, 0.2) is 39.9 Å². The normalized spacial score (nSPS) is 12.4. The van der Waals surface area contributed by atoms with Crippen LogP contribution in [0.2, 0.25) is 5.02 Å². The summed E-state index contributed by atoms with van der Waals surface area (Å²) in [4.78, 5) is 28.0. The van der Waals surface area contributed by atoms with Gasteiger partial charge < -0.3 is 25.3 Å². The minimum atomic E-state index is -0.918. The summed E-state index contributed by atoms with van der Waals surface area (Å²) >= 11 is 6.38. The van der Waals surface area contributed by atoms with Crippen LogP contribution in [-0.4, -0.2) is 26.8 Å². The summed E-state index contributed by atoms with van der Waals surface area (Å²) in [6.07, 6.45) is 0. The van der Waals surface area contributed by atoms with E-state index in [4.69, 9.17) is 16.9 Å². The number of halogens is 1. The molecule has 0 bridgehead atoms. The van der Waals surface area contributed by atoms with Crippen molar-refractivity contribution >= 4 is 33.9 Å². The lowest BCUT2D eigenvalue weighted by atomic mass is 10.1. The molecule has 0 spiro atoms. The van der Waals surface area contributed by atoms with Crippen LogP contribution < -0.4 is 21.8 Å². The van der Waals surface area contributed by atoms with Crippen LogP contribution in [0.1, 0.15) is 38.1 Å². The van der Waals surface area contributed by atoms with E-state index in [9.17, 15) is 14.7 Å². The number of nitriles is 1. The Bertz CT molecular complexity index is 1300. The van der Waals surface area contributed by atoms with Crippen molar-refractivity contribution in [1.29, 1.82) is 5.26 Å². The number of hydrogen-bond donors (Lipinski definition) is 4. The molecule has 0 aliphatic heterocycles. The number of aromatic nitrogens is 2. The lowest BCUT2D eigenvalue weighted by molar-refractivity contribution is 0.0945. The molecule has 8 nitrogen and oxygen atoms in total. The van der Waals surface area contributed by atoms with Gasteiger partial charge in [-0.1, -0.05) is 11.6 Å². The molecular weight excluding hydrogens is 418 g/mol. The third kappa shape index (κ3) is 4.90. The summed E-state index contributed by atoms with van der Waals surface area (Å²) < 4.78 is 1.25. The maximum absolute atomic E-state index is 12.7. The fourth-order valence-corrected chi connectivity index (χ4v) is 3.42. The zero-order valence-electron chi connectivity index (χ0n) is 17.7. The van der Waals surface area contributed by atoms with E-state index in [1.54, 1.807) is 45.0 Å². The van der Waals surface area contributed by atoms with Gasteiger partial charge in [0.25, 0.3) is 11.1 Å². The molecule has 162 valence electrons. The highest BCUT2D eigenvalue weighted by Crippen LogP contribution is 2.28. The van der Waals surface area contributed by atoms with Crippen molar-refractivity contribution in [1.82, 2.24) is 9.55 Å². The van der Waals surface area contributed by atoms with Crippen molar-refractivity contribution in [3.8, 4) is 6.07 Å². The summed E-state index contributed by atoms with van der Waals surface area (Å²) in [5.74, 6) is 0. The average molecular weight is 442 g/mol. The number of aliphatic hydroxyl groups is 1. The van der Waals surface area contributed by atoms with Gasteiger partial charge in [-0.25, -0.2) is 0 Å². The molecule has 31 heavy (non-hydrogen) atoms. The van der Waals surface area contributed by atoms with E-state index in [2.05, 4.69) is 15.6 Å². The van der Waals surface area contributed by atoms with Gasteiger partial charge in [-0.05, 0) is 51.1 Å². The van der Waals surface area contributed by atoms with Crippen molar-refractivity contribution < 1.29 is 5.11 Å². The number of H-pyrrole nitrogens is 1. The molecule has 0 saturated heterocycles. The lowest BCUT2D eigenvalue weighted by Crippen LogP contribution is -2.29. The zero-order valence-corrected chi connectivity index (χ0v) is 18.5. The Kier molecular flexibility index (Phi) is 6.11. The highest BCUT2D eigenvalue weighted by molar-refractivity contribution is 6.34. The summed E-state index contributed by atoms with van der Waals surface area (Å²) in [6.45, 7) is 5.42. The zero-order chi connectivity index (χ0) is 22.9. The van der Waals surface area contributed by atoms with E-state index < -0.39 is 11.6 Å². The number of benzene rings is 1. The second-order valence-corrected chi connectivity index (χ2v) is 8.52. The second-order valence-electron chi connectivity index (χ2n) is 8.11. The van der Waals surface area contributed by atoms with E-state index >= 15 is 0 Å². The quantitative estimate of drug-likeness (QED) is 0.466. The largest absolute Gasteiger partial charge is 0.389 e. The van der Waals surface area contributed by atoms with Gasteiger partial charge in [-0.2, -0.15) is 5.26 Å². The Morgan fingerprint density at radius 3 is 2.61 bits per heavy atom. The Labute approximate surface area is 184 Å². The minimum absolute atomic E-state index is 0.246. The molecule has 0 saturated carbocycles. The summed E-state index contributed by atoms with van der Waals surface area (Å²) in [5.41, 5.74) is 0.603. The number of anilines is 2. The van der Waals surface area contributed by atoms with Crippen molar-refractivity contribution in [2.75, 3.05) is 17.2 Å². The van der Waals surface area contributed by atoms with Crippen LogP contribution >= 0.6 is 11.6 Å². The van der Waals surface area contributed by atoms with Crippen LogP contribution in [-0.2, 0) is 7.05 Å². The fraction of sp³-hybridized carbons (Fsp3) is 0.318. The number of nitrogens with zero attached hydrogens (tertiary/aromatic N) is 2. The predicted molar refractivity (Wildman–Crippen MR) is 123 cm³/mol. The van der Waals surface area contributed by atoms with Crippen LogP contribution in [0.25, 0.3) is 10.9 Å². The molecule has 4 N–H and O–H groups in total. The molecule has 1 aromatic carbocycles. The topological polar surface area (TPSA) is 123 Å². The molecule has 0 aliphatic rings. The average Bonchev–Trinajstić information content (AvgIpc) is 2.69. The molecule has 1 unspecified atom stereocenters. The van der Waals surface area contributed by atoms with Gasteiger partial charge in [0.1, 0.15) is 17.5 Å². The standard InChI is InChI=1S/C22H24ClN5O3/c1-12(26-17-6-5-14(10-24)28(4)21(17)30)15-7-13-8-16(23)19(25-11-22(2,3)31)9-18(13)27-20(15)29/h5-9,12,25-26,31H,11H2,1-4H3,(H,27,29). The summed E-state index contributed by atoms with van der Waals surface area (Å²) in [7, 11) is 1.52. The van der Waals surface area contributed by atoms with Crippen molar-refractivity contribution in [2.24, 2.45) is 7.05 Å². The molecule has 2 aromatic heterocycles. The Balaban J connectivity index is 1.94. The number of aromatic amines is 1. The number of rotatable bonds is 6.